The third-order valence-electron chi connectivity index (χ3n) is 3.24. The third kappa shape index (κ3) is 3.10. The highest BCUT2D eigenvalue weighted by Crippen LogP contribution is 2.23. The molecule has 1 fully saturated rings. The van der Waals surface area contributed by atoms with Crippen molar-refractivity contribution in [2.75, 3.05) is 36.5 Å². The molecule has 0 saturated carbocycles. The maximum absolute atomic E-state index is 9.18. The molecule has 1 aromatic heterocycles. The van der Waals surface area contributed by atoms with Crippen LogP contribution in [0.4, 0.5) is 11.8 Å². The molecule has 1 aliphatic rings. The molecule has 0 bridgehead atoms. The number of aromatic nitrogens is 2. The molecule has 0 aromatic carbocycles. The van der Waals surface area contributed by atoms with Gasteiger partial charge in [0.15, 0.2) is 0 Å². The Morgan fingerprint density at radius 1 is 1.50 bits per heavy atom. The number of aliphatic hydroxyl groups excluding tert-OH is 1. The van der Waals surface area contributed by atoms with Crippen LogP contribution in [0.15, 0.2) is 6.07 Å². The second-order valence-corrected chi connectivity index (χ2v) is 4.90. The van der Waals surface area contributed by atoms with Crippen molar-refractivity contribution < 1.29 is 5.11 Å². The average molecular weight is 250 g/mol. The minimum atomic E-state index is 0.265. The number of rotatable bonds is 5. The van der Waals surface area contributed by atoms with Gasteiger partial charge in [0, 0.05) is 43.9 Å². The summed E-state index contributed by atoms with van der Waals surface area (Å²) in [6, 6.07) is 2.01. The Balaban J connectivity index is 2.10. The molecule has 1 atom stereocenters. The van der Waals surface area contributed by atoms with Crippen molar-refractivity contribution in [2.45, 2.75) is 26.7 Å². The summed E-state index contributed by atoms with van der Waals surface area (Å²) in [7, 11) is 0. The van der Waals surface area contributed by atoms with E-state index in [9.17, 15) is 5.11 Å². The Labute approximate surface area is 108 Å². The Kier molecular flexibility index (Phi) is 4.36. The molecule has 1 aliphatic heterocycles. The van der Waals surface area contributed by atoms with Crippen LogP contribution in [0.3, 0.4) is 0 Å². The summed E-state index contributed by atoms with van der Waals surface area (Å²) in [6.45, 7) is 7.12. The number of aryl methyl sites for hydroxylation is 1. The van der Waals surface area contributed by atoms with Crippen molar-refractivity contribution in [1.29, 1.82) is 0 Å². The van der Waals surface area contributed by atoms with Gasteiger partial charge in [-0.2, -0.15) is 4.98 Å². The van der Waals surface area contributed by atoms with E-state index >= 15 is 0 Å². The summed E-state index contributed by atoms with van der Waals surface area (Å²) in [5.74, 6) is 2.06. The summed E-state index contributed by atoms with van der Waals surface area (Å²) in [4.78, 5) is 11.2. The van der Waals surface area contributed by atoms with E-state index in [0.29, 0.717) is 11.9 Å². The van der Waals surface area contributed by atoms with E-state index in [1.54, 1.807) is 0 Å². The predicted octanol–water partition coefficient (Wildman–Crippen LogP) is 1.43. The zero-order valence-corrected chi connectivity index (χ0v) is 11.2. The molecule has 5 nitrogen and oxygen atoms in total. The zero-order chi connectivity index (χ0) is 13.0. The largest absolute Gasteiger partial charge is 0.396 e. The van der Waals surface area contributed by atoms with E-state index in [0.717, 1.165) is 44.0 Å². The lowest BCUT2D eigenvalue weighted by Crippen LogP contribution is -2.22. The van der Waals surface area contributed by atoms with Crippen molar-refractivity contribution in [1.82, 2.24) is 9.97 Å². The van der Waals surface area contributed by atoms with Gasteiger partial charge in [0.25, 0.3) is 0 Å². The van der Waals surface area contributed by atoms with E-state index in [2.05, 4.69) is 27.1 Å². The minimum absolute atomic E-state index is 0.265. The highest BCUT2D eigenvalue weighted by Gasteiger charge is 2.23. The molecule has 0 amide bonds. The number of hydrogen-bond donors (Lipinski definition) is 2. The van der Waals surface area contributed by atoms with Crippen LogP contribution < -0.4 is 10.2 Å². The van der Waals surface area contributed by atoms with Crippen molar-refractivity contribution in [2.24, 2.45) is 5.92 Å². The Hall–Kier alpha value is -1.36. The normalized spacial score (nSPS) is 19.3. The smallest absolute Gasteiger partial charge is 0.224 e. The maximum atomic E-state index is 9.18. The fourth-order valence-corrected chi connectivity index (χ4v) is 2.22. The summed E-state index contributed by atoms with van der Waals surface area (Å²) < 4.78 is 0. The van der Waals surface area contributed by atoms with Gasteiger partial charge in [-0.1, -0.05) is 6.92 Å². The predicted molar refractivity (Wildman–Crippen MR) is 73.0 cm³/mol. The van der Waals surface area contributed by atoms with Crippen LogP contribution in [0.25, 0.3) is 0 Å². The Morgan fingerprint density at radius 2 is 2.33 bits per heavy atom. The molecule has 5 heteroatoms. The highest BCUT2D eigenvalue weighted by atomic mass is 16.3. The molecular formula is C13H22N4O. The van der Waals surface area contributed by atoms with Crippen LogP contribution in [-0.2, 0) is 0 Å². The van der Waals surface area contributed by atoms with Crippen molar-refractivity contribution in [3.8, 4) is 0 Å². The van der Waals surface area contributed by atoms with Gasteiger partial charge in [-0.15, -0.1) is 0 Å². The second-order valence-electron chi connectivity index (χ2n) is 4.90. The Morgan fingerprint density at radius 3 is 3.00 bits per heavy atom. The molecule has 2 rings (SSSR count). The van der Waals surface area contributed by atoms with Gasteiger partial charge in [0.1, 0.15) is 5.82 Å². The molecule has 18 heavy (non-hydrogen) atoms. The van der Waals surface area contributed by atoms with E-state index < -0.39 is 0 Å². The third-order valence-corrected chi connectivity index (χ3v) is 3.24. The Bertz CT molecular complexity index is 397. The SMILES string of the molecule is CCCNc1nc(C)cc(N2CCC(CO)C2)n1. The first-order valence-electron chi connectivity index (χ1n) is 6.68. The fourth-order valence-electron chi connectivity index (χ4n) is 2.22. The molecule has 1 saturated heterocycles. The fraction of sp³-hybridized carbons (Fsp3) is 0.692. The van der Waals surface area contributed by atoms with E-state index in [4.69, 9.17) is 0 Å². The van der Waals surface area contributed by atoms with Gasteiger partial charge in [-0.05, 0) is 19.8 Å². The standard InChI is InChI=1S/C13H22N4O/c1-3-5-14-13-15-10(2)7-12(16-13)17-6-4-11(8-17)9-18/h7,11,18H,3-6,8-9H2,1-2H3,(H,14,15,16). The summed E-state index contributed by atoms with van der Waals surface area (Å²) >= 11 is 0. The number of anilines is 2. The highest BCUT2D eigenvalue weighted by molar-refractivity contribution is 5.45. The number of nitrogens with one attached hydrogen (secondary N) is 1. The average Bonchev–Trinajstić information content (AvgIpc) is 2.84. The lowest BCUT2D eigenvalue weighted by Gasteiger charge is -2.18. The molecule has 100 valence electrons. The maximum Gasteiger partial charge on any atom is 0.224 e. The molecule has 0 spiro atoms. The van der Waals surface area contributed by atoms with E-state index in [1.807, 2.05) is 13.0 Å². The quantitative estimate of drug-likeness (QED) is 0.827. The number of nitrogens with zero attached hydrogens (tertiary/aromatic N) is 3. The lowest BCUT2D eigenvalue weighted by atomic mass is 10.1. The minimum Gasteiger partial charge on any atom is -0.396 e. The van der Waals surface area contributed by atoms with Crippen LogP contribution in [0.5, 0.6) is 0 Å². The summed E-state index contributed by atoms with van der Waals surface area (Å²) in [6.07, 6.45) is 2.10. The molecule has 2 N–H and O–H groups in total. The van der Waals surface area contributed by atoms with Crippen molar-refractivity contribution in [3.63, 3.8) is 0 Å². The van der Waals surface area contributed by atoms with Crippen LogP contribution in [0, 0.1) is 12.8 Å². The van der Waals surface area contributed by atoms with Gasteiger partial charge >= 0.3 is 0 Å². The van der Waals surface area contributed by atoms with Crippen LogP contribution in [0.1, 0.15) is 25.5 Å². The second kappa shape index (κ2) is 6.00. The first-order valence-corrected chi connectivity index (χ1v) is 6.68. The molecular weight excluding hydrogens is 228 g/mol. The topological polar surface area (TPSA) is 61.3 Å². The van der Waals surface area contributed by atoms with Crippen LogP contribution >= 0.6 is 0 Å². The first kappa shape index (κ1) is 13.1. The molecule has 1 aromatic rings. The first-order chi connectivity index (χ1) is 8.72. The molecule has 2 heterocycles. The van der Waals surface area contributed by atoms with Gasteiger partial charge in [-0.25, -0.2) is 4.98 Å². The van der Waals surface area contributed by atoms with Crippen molar-refractivity contribution >= 4 is 11.8 Å². The lowest BCUT2D eigenvalue weighted by molar-refractivity contribution is 0.238. The van der Waals surface area contributed by atoms with Gasteiger partial charge in [0.05, 0.1) is 0 Å². The molecule has 1 unspecified atom stereocenters. The van der Waals surface area contributed by atoms with E-state index in [-0.39, 0.29) is 6.61 Å². The summed E-state index contributed by atoms with van der Waals surface area (Å²) in [5.41, 5.74) is 0.978. The van der Waals surface area contributed by atoms with E-state index in [1.165, 1.54) is 0 Å². The monoisotopic (exact) mass is 250 g/mol. The van der Waals surface area contributed by atoms with Gasteiger partial charge in [-0.3, -0.25) is 0 Å². The number of aliphatic hydroxyl groups is 1. The van der Waals surface area contributed by atoms with Gasteiger partial charge < -0.3 is 15.3 Å². The number of hydrogen-bond acceptors (Lipinski definition) is 5. The van der Waals surface area contributed by atoms with Crippen molar-refractivity contribution in [3.05, 3.63) is 11.8 Å². The summed E-state index contributed by atoms with van der Waals surface area (Å²) in [5, 5.41) is 12.4. The zero-order valence-electron chi connectivity index (χ0n) is 11.2. The molecule has 0 radical (unpaired) electrons. The molecule has 0 aliphatic carbocycles. The van der Waals surface area contributed by atoms with Crippen LogP contribution in [-0.4, -0.2) is 41.3 Å². The van der Waals surface area contributed by atoms with Crippen LogP contribution in [0.2, 0.25) is 0 Å². The van der Waals surface area contributed by atoms with Gasteiger partial charge in [0.2, 0.25) is 5.95 Å².